The number of benzene rings is 3. The van der Waals surface area contributed by atoms with Crippen LogP contribution in [0.25, 0.3) is 26.3 Å². The Bertz CT molecular complexity index is 2180. The number of carbonyl (C=O) groups is 1. The van der Waals surface area contributed by atoms with E-state index in [9.17, 15) is 15.2 Å². The highest BCUT2D eigenvalue weighted by Crippen LogP contribution is 2.61. The van der Waals surface area contributed by atoms with Crippen LogP contribution in [0.4, 0.5) is 17.1 Å². The molecule has 0 spiro atoms. The van der Waals surface area contributed by atoms with Crippen LogP contribution in [0.3, 0.4) is 0 Å². The van der Waals surface area contributed by atoms with E-state index in [-0.39, 0.29) is 11.0 Å². The summed E-state index contributed by atoms with van der Waals surface area (Å²) in [6.45, 7) is 10.4. The first-order chi connectivity index (χ1) is 30.8. The molecule has 0 bridgehead atoms. The summed E-state index contributed by atoms with van der Waals surface area (Å²) in [6, 6.07) is 32.5. The number of thiophene rings is 2. The van der Waals surface area contributed by atoms with Crippen LogP contribution in [0.15, 0.2) is 90.5 Å². The van der Waals surface area contributed by atoms with Crippen molar-refractivity contribution in [1.29, 1.82) is 5.26 Å². The fraction of sp³-hybridized carbons (Fsp3) is 0.455. The van der Waals surface area contributed by atoms with E-state index < -0.39 is 5.97 Å². The van der Waals surface area contributed by atoms with Crippen LogP contribution in [0, 0.1) is 11.3 Å². The summed E-state index contributed by atoms with van der Waals surface area (Å²) < 4.78 is 12.3. The molecule has 0 aliphatic heterocycles. The second-order valence-electron chi connectivity index (χ2n) is 17.1. The fourth-order valence-electron chi connectivity index (χ4n) is 8.91. The zero-order valence-corrected chi connectivity index (χ0v) is 39.8. The number of aliphatic carboxylic acids is 1. The number of nitriles is 1. The third kappa shape index (κ3) is 12.2. The molecular weight excluding hydrogens is 817 g/mol. The van der Waals surface area contributed by atoms with E-state index in [0.29, 0.717) is 0 Å². The second-order valence-corrected chi connectivity index (χ2v) is 19.2. The molecule has 6 nitrogen and oxygen atoms in total. The average Bonchev–Trinajstić information content (AvgIpc) is 3.99. The van der Waals surface area contributed by atoms with Crippen LogP contribution in [0.5, 0.6) is 11.5 Å². The maximum absolute atomic E-state index is 11.9. The van der Waals surface area contributed by atoms with Crippen molar-refractivity contribution in [3.05, 3.63) is 107 Å². The van der Waals surface area contributed by atoms with Crippen LogP contribution in [-0.4, -0.2) is 24.3 Å². The number of anilines is 3. The monoisotopic (exact) mass is 884 g/mol. The Labute approximate surface area is 385 Å². The van der Waals surface area contributed by atoms with E-state index in [0.717, 1.165) is 85.2 Å². The number of unbranched alkanes of at least 4 members (excludes halogenated alkanes) is 12. The van der Waals surface area contributed by atoms with Crippen LogP contribution >= 0.6 is 22.7 Å². The standard InChI is InChI=1S/C55H68N2O4S2/c1-5-9-13-17-33-55(34-18-14-10-6-2)49-38-48(37-42(40-56)54(58)59)62-52(49)53-50(55)39-51(63-53)41-21-23-43(24-22-41)57(44-25-29-46(30-26-44)60-35-19-15-11-7-3)45-27-31-47(32-28-45)61-36-20-16-12-8-4/h21-32,37-39H,5-20,33-36H2,1-4H3,(H,58,59)/b42-37-. The lowest BCUT2D eigenvalue weighted by Crippen LogP contribution is -2.25. The molecule has 0 amide bonds. The number of carboxylic acids is 1. The van der Waals surface area contributed by atoms with E-state index in [1.165, 1.54) is 108 Å². The second kappa shape index (κ2) is 24.3. The van der Waals surface area contributed by atoms with Crippen molar-refractivity contribution in [1.82, 2.24) is 0 Å². The van der Waals surface area contributed by atoms with E-state index in [2.05, 4.69) is 118 Å². The Kier molecular flexibility index (Phi) is 18.4. The summed E-state index contributed by atoms with van der Waals surface area (Å²) >= 11 is 3.49. The average molecular weight is 885 g/mol. The van der Waals surface area contributed by atoms with E-state index in [4.69, 9.17) is 9.47 Å². The quantitative estimate of drug-likeness (QED) is 0.0306. The van der Waals surface area contributed by atoms with Gasteiger partial charge in [-0.15, -0.1) is 22.7 Å². The molecule has 1 aliphatic carbocycles. The highest BCUT2D eigenvalue weighted by atomic mass is 32.1. The van der Waals surface area contributed by atoms with Crippen LogP contribution in [0.2, 0.25) is 0 Å². The molecule has 0 radical (unpaired) electrons. The first-order valence-electron chi connectivity index (χ1n) is 23.9. The predicted octanol–water partition coefficient (Wildman–Crippen LogP) is 17.1. The van der Waals surface area contributed by atoms with Gasteiger partial charge >= 0.3 is 5.97 Å². The number of carboxylic acid groups (broad SMARTS) is 1. The Morgan fingerprint density at radius 3 is 1.52 bits per heavy atom. The van der Waals surface area contributed by atoms with Crippen molar-refractivity contribution in [3.63, 3.8) is 0 Å². The third-order valence-electron chi connectivity index (χ3n) is 12.4. The van der Waals surface area contributed by atoms with Gasteiger partial charge in [0.2, 0.25) is 0 Å². The lowest BCUT2D eigenvalue weighted by atomic mass is 9.71. The Balaban J connectivity index is 1.34. The van der Waals surface area contributed by atoms with Gasteiger partial charge in [-0.05, 0) is 121 Å². The molecule has 0 saturated carbocycles. The highest BCUT2D eigenvalue weighted by molar-refractivity contribution is 7.24. The van der Waals surface area contributed by atoms with Gasteiger partial charge < -0.3 is 19.5 Å². The summed E-state index contributed by atoms with van der Waals surface area (Å²) in [7, 11) is 0. The maximum Gasteiger partial charge on any atom is 0.346 e. The van der Waals surface area contributed by atoms with Gasteiger partial charge in [0.1, 0.15) is 23.1 Å². The van der Waals surface area contributed by atoms with Crippen molar-refractivity contribution >= 4 is 51.8 Å². The number of hydrogen-bond acceptors (Lipinski definition) is 7. The Morgan fingerprint density at radius 2 is 1.06 bits per heavy atom. The topological polar surface area (TPSA) is 82.8 Å². The molecule has 2 heterocycles. The van der Waals surface area contributed by atoms with Gasteiger partial charge in [0.15, 0.2) is 0 Å². The first-order valence-corrected chi connectivity index (χ1v) is 25.5. The van der Waals surface area contributed by atoms with Crippen molar-refractivity contribution in [2.75, 3.05) is 18.1 Å². The molecule has 0 saturated heterocycles. The number of ether oxygens (including phenoxy) is 2. The first kappa shape index (κ1) is 47.6. The zero-order valence-electron chi connectivity index (χ0n) is 38.2. The molecule has 0 atom stereocenters. The van der Waals surface area contributed by atoms with Gasteiger partial charge in [-0.3, -0.25) is 0 Å². The molecule has 334 valence electrons. The molecule has 0 fully saturated rings. The number of rotatable bonds is 28. The summed E-state index contributed by atoms with van der Waals surface area (Å²) in [5.41, 5.74) is 6.75. The molecule has 5 aromatic rings. The van der Waals surface area contributed by atoms with Gasteiger partial charge in [-0.1, -0.05) is 130 Å². The highest BCUT2D eigenvalue weighted by Gasteiger charge is 2.45. The summed E-state index contributed by atoms with van der Waals surface area (Å²) in [4.78, 5) is 18.8. The number of fused-ring (bicyclic) bond motifs is 3. The number of hydrogen-bond donors (Lipinski definition) is 1. The lowest BCUT2D eigenvalue weighted by molar-refractivity contribution is -0.132. The Morgan fingerprint density at radius 1 is 0.619 bits per heavy atom. The van der Waals surface area contributed by atoms with Crippen LogP contribution in [0.1, 0.15) is 159 Å². The summed E-state index contributed by atoms with van der Waals surface area (Å²) in [5.74, 6) is 0.592. The number of nitrogens with zero attached hydrogens (tertiary/aromatic N) is 2. The zero-order chi connectivity index (χ0) is 44.4. The molecule has 1 N–H and O–H groups in total. The van der Waals surface area contributed by atoms with Gasteiger partial charge in [-0.2, -0.15) is 5.26 Å². The normalized spacial score (nSPS) is 12.8. The third-order valence-corrected chi connectivity index (χ3v) is 14.8. The van der Waals surface area contributed by atoms with Crippen LogP contribution < -0.4 is 14.4 Å². The molecule has 63 heavy (non-hydrogen) atoms. The minimum atomic E-state index is -1.18. The molecule has 3 aromatic carbocycles. The molecule has 0 unspecified atom stereocenters. The maximum atomic E-state index is 11.9. The van der Waals surface area contributed by atoms with Gasteiger partial charge in [0, 0.05) is 42.0 Å². The predicted molar refractivity (Wildman–Crippen MR) is 267 cm³/mol. The SMILES string of the molecule is CCCCCCOc1ccc(N(c2ccc(OCCCCCC)cc2)c2ccc(-c3cc4c(s3)-c3sc(/C=C(/C#N)C(=O)O)cc3C4(CCCCCC)CCCCCC)cc2)cc1. The van der Waals surface area contributed by atoms with Gasteiger partial charge in [-0.25, -0.2) is 4.79 Å². The minimum absolute atomic E-state index is 0.132. The summed E-state index contributed by atoms with van der Waals surface area (Å²) in [5, 5.41) is 19.3. The van der Waals surface area contributed by atoms with E-state index >= 15 is 0 Å². The summed E-state index contributed by atoms with van der Waals surface area (Å²) in [6.07, 6.45) is 22.6. The van der Waals surface area contributed by atoms with Crippen molar-refractivity contribution in [2.45, 2.75) is 149 Å². The molecular formula is C55H68N2O4S2. The smallest absolute Gasteiger partial charge is 0.346 e. The lowest BCUT2D eigenvalue weighted by Gasteiger charge is -2.31. The molecule has 1 aliphatic rings. The van der Waals surface area contributed by atoms with Crippen molar-refractivity contribution in [3.8, 4) is 37.8 Å². The van der Waals surface area contributed by atoms with E-state index in [1.807, 2.05) is 17.4 Å². The van der Waals surface area contributed by atoms with Crippen LogP contribution in [-0.2, 0) is 10.2 Å². The van der Waals surface area contributed by atoms with Crippen molar-refractivity contribution in [2.24, 2.45) is 0 Å². The van der Waals surface area contributed by atoms with Crippen molar-refractivity contribution < 1.29 is 19.4 Å². The molecule has 6 rings (SSSR count). The molecule has 8 heteroatoms. The van der Waals surface area contributed by atoms with Gasteiger partial charge in [0.25, 0.3) is 0 Å². The minimum Gasteiger partial charge on any atom is -0.494 e. The van der Waals surface area contributed by atoms with Gasteiger partial charge in [0.05, 0.1) is 13.2 Å². The fourth-order valence-corrected chi connectivity index (χ4v) is 11.5. The Hall–Kier alpha value is -4.84. The molecule has 2 aromatic heterocycles. The van der Waals surface area contributed by atoms with E-state index in [1.54, 1.807) is 17.4 Å². The largest absolute Gasteiger partial charge is 0.494 e.